The van der Waals surface area contributed by atoms with Crippen molar-refractivity contribution < 1.29 is 0 Å². The number of hydrogen-bond donors (Lipinski definition) is 3. The third kappa shape index (κ3) is 3.02. The number of fused-ring (bicyclic) bond motifs is 5. The molecule has 30 heavy (non-hydrogen) atoms. The number of H-pyrrole nitrogens is 2. The number of aromatic amines is 2. The molecular formula is C23H22IN5O. The van der Waals surface area contributed by atoms with Gasteiger partial charge in [-0.15, -0.1) is 0 Å². The van der Waals surface area contributed by atoms with Gasteiger partial charge in [-0.3, -0.25) is 4.79 Å². The number of nitrogens with one attached hydrogen (secondary N) is 3. The molecule has 7 rings (SSSR count). The van der Waals surface area contributed by atoms with Crippen molar-refractivity contribution in [3.05, 3.63) is 56.4 Å². The van der Waals surface area contributed by atoms with E-state index in [9.17, 15) is 4.79 Å². The van der Waals surface area contributed by atoms with E-state index in [2.05, 4.69) is 48.8 Å². The van der Waals surface area contributed by atoms with Crippen LogP contribution in [0.1, 0.15) is 12.8 Å². The van der Waals surface area contributed by atoms with E-state index in [1.54, 1.807) is 0 Å². The second-order valence-electron chi connectivity index (χ2n) is 8.39. The Morgan fingerprint density at radius 3 is 2.67 bits per heavy atom. The topological polar surface area (TPSA) is 76.8 Å². The number of rotatable bonds is 3. The number of nitrogens with zero attached hydrogens (tertiary/aromatic N) is 2. The third-order valence-corrected chi connectivity index (χ3v) is 7.26. The lowest BCUT2D eigenvalue weighted by Crippen LogP contribution is -2.53. The maximum absolute atomic E-state index is 13.2. The van der Waals surface area contributed by atoms with Crippen LogP contribution >= 0.6 is 22.6 Å². The summed E-state index contributed by atoms with van der Waals surface area (Å²) in [6, 6.07) is 14.4. The molecule has 0 amide bonds. The first-order valence-corrected chi connectivity index (χ1v) is 11.5. The van der Waals surface area contributed by atoms with E-state index in [0.29, 0.717) is 23.3 Å². The Morgan fingerprint density at radius 1 is 1.07 bits per heavy atom. The van der Waals surface area contributed by atoms with E-state index in [1.165, 1.54) is 25.9 Å². The van der Waals surface area contributed by atoms with E-state index in [1.807, 2.05) is 36.4 Å². The smallest absolute Gasteiger partial charge is 0.261 e. The fraction of sp³-hybridized carbons (Fsp3) is 0.304. The van der Waals surface area contributed by atoms with Gasteiger partial charge in [-0.05, 0) is 84.8 Å². The van der Waals surface area contributed by atoms with Crippen molar-refractivity contribution in [1.29, 1.82) is 0 Å². The Kier molecular flexibility index (Phi) is 4.35. The van der Waals surface area contributed by atoms with Crippen LogP contribution in [0, 0.1) is 9.49 Å². The maximum atomic E-state index is 13.2. The van der Waals surface area contributed by atoms with E-state index < -0.39 is 0 Å². The standard InChI is InChI=1S/C23H22IN5O/c24-14-5-6-16-15(11-14)21(25-19-12-29-9-7-13(19)8-10-29)20(23(30)28-16)22-26-17-3-1-2-4-18(17)27-22/h1-6,11,13,19H,7-10,12H2,(H,26,27)(H2,25,28,30). The summed E-state index contributed by atoms with van der Waals surface area (Å²) in [5.74, 6) is 1.26. The normalized spacial score (nSPS) is 23.3. The number of anilines is 1. The molecule has 5 heterocycles. The zero-order chi connectivity index (χ0) is 20.2. The van der Waals surface area contributed by atoms with Gasteiger partial charge in [0.1, 0.15) is 11.4 Å². The molecule has 2 aromatic carbocycles. The molecule has 2 aromatic heterocycles. The molecule has 3 saturated heterocycles. The summed E-state index contributed by atoms with van der Waals surface area (Å²) < 4.78 is 1.14. The molecule has 152 valence electrons. The average Bonchev–Trinajstić information content (AvgIpc) is 3.19. The van der Waals surface area contributed by atoms with Gasteiger partial charge < -0.3 is 20.2 Å². The summed E-state index contributed by atoms with van der Waals surface area (Å²) >= 11 is 2.33. The van der Waals surface area contributed by atoms with Gasteiger partial charge in [0, 0.05) is 21.5 Å². The lowest BCUT2D eigenvalue weighted by Gasteiger charge is -2.45. The maximum Gasteiger partial charge on any atom is 0.261 e. The second kappa shape index (κ2) is 7.09. The molecule has 0 radical (unpaired) electrons. The minimum absolute atomic E-state index is 0.119. The highest BCUT2D eigenvalue weighted by molar-refractivity contribution is 14.1. The quantitative estimate of drug-likeness (QED) is 0.361. The van der Waals surface area contributed by atoms with Crippen LogP contribution in [-0.4, -0.2) is 45.5 Å². The van der Waals surface area contributed by atoms with Gasteiger partial charge in [0.05, 0.1) is 22.2 Å². The van der Waals surface area contributed by atoms with Crippen LogP contribution in [0.15, 0.2) is 47.3 Å². The van der Waals surface area contributed by atoms with E-state index in [4.69, 9.17) is 4.98 Å². The number of hydrogen-bond acceptors (Lipinski definition) is 4. The molecule has 1 atom stereocenters. The molecule has 4 aromatic rings. The number of aromatic nitrogens is 3. The number of pyridine rings is 1. The molecule has 2 bridgehead atoms. The van der Waals surface area contributed by atoms with Crippen LogP contribution in [0.2, 0.25) is 0 Å². The van der Waals surface area contributed by atoms with Crippen LogP contribution < -0.4 is 10.9 Å². The minimum Gasteiger partial charge on any atom is -0.379 e. The Morgan fingerprint density at radius 2 is 1.90 bits per heavy atom. The van der Waals surface area contributed by atoms with E-state index in [0.717, 1.165) is 37.7 Å². The summed E-state index contributed by atoms with van der Waals surface area (Å²) in [5, 5.41) is 4.85. The molecular weight excluding hydrogens is 489 g/mol. The molecule has 3 N–H and O–H groups in total. The van der Waals surface area contributed by atoms with E-state index >= 15 is 0 Å². The fourth-order valence-electron chi connectivity index (χ4n) is 5.03. The largest absolute Gasteiger partial charge is 0.379 e. The number of imidazole rings is 1. The van der Waals surface area contributed by atoms with Crippen molar-refractivity contribution in [1.82, 2.24) is 19.9 Å². The first kappa shape index (κ1) is 18.4. The highest BCUT2D eigenvalue weighted by Crippen LogP contribution is 2.36. The molecule has 3 fully saturated rings. The Balaban J connectivity index is 1.56. The number of para-hydroxylation sites is 2. The van der Waals surface area contributed by atoms with Gasteiger partial charge in [-0.25, -0.2) is 4.98 Å². The highest BCUT2D eigenvalue weighted by Gasteiger charge is 2.35. The van der Waals surface area contributed by atoms with Gasteiger partial charge in [0.25, 0.3) is 5.56 Å². The van der Waals surface area contributed by atoms with Crippen molar-refractivity contribution in [3.8, 4) is 11.4 Å². The summed E-state index contributed by atoms with van der Waals surface area (Å²) in [7, 11) is 0. The summed E-state index contributed by atoms with van der Waals surface area (Å²) in [4.78, 5) is 27.0. The SMILES string of the molecule is O=c1[nH]c2ccc(I)cc2c(NC2CN3CCC2CC3)c1-c1nc2ccccc2[nH]1. The van der Waals surface area contributed by atoms with Gasteiger partial charge in [0.15, 0.2) is 0 Å². The highest BCUT2D eigenvalue weighted by atomic mass is 127. The third-order valence-electron chi connectivity index (χ3n) is 6.59. The van der Waals surface area contributed by atoms with Crippen molar-refractivity contribution in [2.75, 3.05) is 25.0 Å². The van der Waals surface area contributed by atoms with Crippen LogP contribution in [0.5, 0.6) is 0 Å². The molecule has 3 aliphatic rings. The summed E-state index contributed by atoms with van der Waals surface area (Å²) in [6.07, 6.45) is 2.44. The second-order valence-corrected chi connectivity index (χ2v) is 9.63. The molecule has 7 heteroatoms. The zero-order valence-corrected chi connectivity index (χ0v) is 18.6. The summed E-state index contributed by atoms with van der Waals surface area (Å²) in [6.45, 7) is 3.41. The fourth-order valence-corrected chi connectivity index (χ4v) is 5.52. The molecule has 6 nitrogen and oxygen atoms in total. The number of halogens is 1. The molecule has 0 saturated carbocycles. The Labute approximate surface area is 187 Å². The zero-order valence-electron chi connectivity index (χ0n) is 16.4. The lowest BCUT2D eigenvalue weighted by atomic mass is 9.83. The van der Waals surface area contributed by atoms with E-state index in [-0.39, 0.29) is 5.56 Å². The molecule has 0 aliphatic carbocycles. The first-order chi connectivity index (χ1) is 14.7. The van der Waals surface area contributed by atoms with Gasteiger partial charge >= 0.3 is 0 Å². The predicted molar refractivity (Wildman–Crippen MR) is 129 cm³/mol. The number of benzene rings is 2. The molecule has 1 unspecified atom stereocenters. The van der Waals surface area contributed by atoms with Gasteiger partial charge in [-0.2, -0.15) is 0 Å². The Hall–Kier alpha value is -2.39. The van der Waals surface area contributed by atoms with Crippen LogP contribution in [0.3, 0.4) is 0 Å². The summed E-state index contributed by atoms with van der Waals surface area (Å²) in [5.41, 5.74) is 4.02. The average molecular weight is 511 g/mol. The Bertz CT molecular complexity index is 1290. The van der Waals surface area contributed by atoms with Crippen molar-refractivity contribution in [3.63, 3.8) is 0 Å². The first-order valence-electron chi connectivity index (χ1n) is 10.5. The van der Waals surface area contributed by atoms with Crippen molar-refractivity contribution in [2.24, 2.45) is 5.92 Å². The minimum atomic E-state index is -0.119. The lowest BCUT2D eigenvalue weighted by molar-refractivity contribution is 0.0976. The van der Waals surface area contributed by atoms with Crippen LogP contribution in [0.4, 0.5) is 5.69 Å². The van der Waals surface area contributed by atoms with Gasteiger partial charge in [-0.1, -0.05) is 12.1 Å². The van der Waals surface area contributed by atoms with Crippen molar-refractivity contribution >= 4 is 50.2 Å². The molecule has 0 spiro atoms. The van der Waals surface area contributed by atoms with Crippen LogP contribution in [0.25, 0.3) is 33.3 Å². The van der Waals surface area contributed by atoms with Crippen LogP contribution in [-0.2, 0) is 0 Å². The van der Waals surface area contributed by atoms with Gasteiger partial charge in [0.2, 0.25) is 0 Å². The predicted octanol–water partition coefficient (Wildman–Crippen LogP) is 4.18. The molecule has 3 aliphatic heterocycles. The number of piperidine rings is 3. The monoisotopic (exact) mass is 511 g/mol. The van der Waals surface area contributed by atoms with Crippen molar-refractivity contribution in [2.45, 2.75) is 18.9 Å².